The maximum atomic E-state index is 13.3. The Bertz CT molecular complexity index is 1010. The topological polar surface area (TPSA) is 54.5 Å². The lowest BCUT2D eigenvalue weighted by Gasteiger charge is -2.34. The van der Waals surface area contributed by atoms with Crippen LogP contribution in [0.15, 0.2) is 90.5 Å². The van der Waals surface area contributed by atoms with Gasteiger partial charge < -0.3 is 4.90 Å². The number of hydrogen-bond acceptors (Lipinski definition) is 3. The molecule has 0 atom stereocenters. The van der Waals surface area contributed by atoms with Crippen LogP contribution in [-0.2, 0) is 9.59 Å². The van der Waals surface area contributed by atoms with E-state index in [1.807, 2.05) is 36.4 Å². The Morgan fingerprint density at radius 1 is 0.926 bits per heavy atom. The van der Waals surface area contributed by atoms with E-state index in [4.69, 9.17) is 0 Å². The number of likely N-dealkylation sites (N-methyl/N-ethyl adjacent to an activating group) is 1. The third-order valence-electron chi connectivity index (χ3n) is 5.05. The van der Waals surface area contributed by atoms with Crippen molar-refractivity contribution in [1.29, 1.82) is 0 Å². The Labute approximate surface area is 157 Å². The van der Waals surface area contributed by atoms with E-state index in [0.29, 0.717) is 11.1 Å². The summed E-state index contributed by atoms with van der Waals surface area (Å²) in [5.74, 6) is -0.815. The van der Waals surface area contributed by atoms with Crippen LogP contribution in [0.5, 0.6) is 0 Å². The van der Waals surface area contributed by atoms with E-state index in [1.54, 1.807) is 43.5 Å². The average molecular weight is 357 g/mol. The van der Waals surface area contributed by atoms with Gasteiger partial charge in [0.2, 0.25) is 0 Å². The molecule has 0 saturated heterocycles. The van der Waals surface area contributed by atoms with Crippen LogP contribution < -0.4 is 0 Å². The molecule has 2 aromatic carbocycles. The Balaban J connectivity index is 2.00. The number of rotatable bonds is 3. The van der Waals surface area contributed by atoms with Gasteiger partial charge in [0.15, 0.2) is 11.6 Å². The number of allylic oxidation sites excluding steroid dienone is 2. The lowest BCUT2D eigenvalue weighted by Crippen LogP contribution is -2.43. The summed E-state index contributed by atoms with van der Waals surface area (Å²) >= 11 is 0. The summed E-state index contributed by atoms with van der Waals surface area (Å²) in [5, 5.41) is 0. The zero-order valence-corrected chi connectivity index (χ0v) is 14.8. The summed E-state index contributed by atoms with van der Waals surface area (Å²) in [6.07, 6.45) is 6.28. The summed E-state index contributed by atoms with van der Waals surface area (Å²) < 4.78 is 0. The molecule has 2 aromatic rings. The third-order valence-corrected chi connectivity index (χ3v) is 5.05. The lowest BCUT2D eigenvalue weighted by molar-refractivity contribution is -0.126. The number of nitrogens with zero attached hydrogens (tertiary/aromatic N) is 1. The molecule has 0 unspecified atom stereocenters. The second-order valence-corrected chi connectivity index (χ2v) is 6.57. The van der Waals surface area contributed by atoms with Gasteiger partial charge in [0.05, 0.1) is 5.57 Å². The van der Waals surface area contributed by atoms with Gasteiger partial charge in [-0.1, -0.05) is 60.7 Å². The van der Waals surface area contributed by atoms with E-state index < -0.39 is 5.54 Å². The summed E-state index contributed by atoms with van der Waals surface area (Å²) in [4.78, 5) is 39.6. The summed E-state index contributed by atoms with van der Waals surface area (Å²) in [7, 11) is 1.65. The van der Waals surface area contributed by atoms with Crippen molar-refractivity contribution in [2.75, 3.05) is 7.05 Å². The molecule has 1 aliphatic carbocycles. The molecule has 1 heterocycles. The van der Waals surface area contributed by atoms with Crippen molar-refractivity contribution in [2.24, 2.45) is 0 Å². The van der Waals surface area contributed by atoms with Gasteiger partial charge in [-0.2, -0.15) is 0 Å². The molecule has 4 heteroatoms. The number of carbonyl (C=O) groups excluding carboxylic acids is 3. The molecule has 0 radical (unpaired) electrons. The minimum atomic E-state index is -0.952. The first-order chi connectivity index (χ1) is 13.0. The van der Waals surface area contributed by atoms with E-state index in [0.717, 1.165) is 5.56 Å². The summed E-state index contributed by atoms with van der Waals surface area (Å²) in [6, 6.07) is 18.1. The van der Waals surface area contributed by atoms with Crippen molar-refractivity contribution in [3.8, 4) is 0 Å². The quantitative estimate of drug-likeness (QED) is 0.481. The molecule has 0 N–H and O–H groups in total. The van der Waals surface area contributed by atoms with E-state index >= 15 is 0 Å². The molecule has 1 aliphatic heterocycles. The van der Waals surface area contributed by atoms with Crippen LogP contribution in [-0.4, -0.2) is 35.0 Å². The average Bonchev–Trinajstić information content (AvgIpc) is 2.93. The van der Waals surface area contributed by atoms with Crippen LogP contribution in [0.2, 0.25) is 0 Å². The Morgan fingerprint density at radius 3 is 2.07 bits per heavy atom. The SMILES string of the molecule is CN1C(=O)C(C(=O)c2ccccc2)=C(c2ccccc2)C12C=CC(=[18O])C=C2. The van der Waals surface area contributed by atoms with Crippen LogP contribution in [0, 0.1) is 0 Å². The van der Waals surface area contributed by atoms with Gasteiger partial charge in [0.1, 0.15) is 5.54 Å². The van der Waals surface area contributed by atoms with Crippen LogP contribution >= 0.6 is 0 Å². The minimum Gasteiger partial charge on any atom is -0.325 e. The first kappa shape index (κ1) is 16.9. The van der Waals surface area contributed by atoms with Gasteiger partial charge in [-0.25, -0.2) is 0 Å². The van der Waals surface area contributed by atoms with E-state index in [2.05, 4.69) is 0 Å². The van der Waals surface area contributed by atoms with Gasteiger partial charge >= 0.3 is 0 Å². The Kier molecular flexibility index (Phi) is 3.96. The highest BCUT2D eigenvalue weighted by atomic mass is 18.1. The normalized spacial score (nSPS) is 17.9. The van der Waals surface area contributed by atoms with Crippen molar-refractivity contribution in [1.82, 2.24) is 4.90 Å². The van der Waals surface area contributed by atoms with Crippen molar-refractivity contribution in [2.45, 2.75) is 5.54 Å². The molecular formula is C23H17NO3. The van der Waals surface area contributed by atoms with Gasteiger partial charge in [0.25, 0.3) is 5.91 Å². The molecule has 0 aromatic heterocycles. The third kappa shape index (κ3) is 2.57. The second-order valence-electron chi connectivity index (χ2n) is 6.57. The number of ketones is 2. The van der Waals surface area contributed by atoms with E-state index in [-0.39, 0.29) is 23.0 Å². The van der Waals surface area contributed by atoms with Crippen molar-refractivity contribution in [3.63, 3.8) is 0 Å². The monoisotopic (exact) mass is 357 g/mol. The van der Waals surface area contributed by atoms with Crippen molar-refractivity contribution in [3.05, 3.63) is 102 Å². The summed E-state index contributed by atoms with van der Waals surface area (Å²) in [6.45, 7) is 0. The predicted octanol–water partition coefficient (Wildman–Crippen LogP) is 3.23. The first-order valence-corrected chi connectivity index (χ1v) is 8.65. The van der Waals surface area contributed by atoms with Crippen LogP contribution in [0.1, 0.15) is 15.9 Å². The van der Waals surface area contributed by atoms with Gasteiger partial charge in [-0.3, -0.25) is 14.4 Å². The fraction of sp³-hybridized carbons (Fsp3) is 0.0870. The molecule has 132 valence electrons. The van der Waals surface area contributed by atoms with Gasteiger partial charge in [-0.05, 0) is 29.9 Å². The molecule has 4 nitrogen and oxygen atoms in total. The van der Waals surface area contributed by atoms with Crippen LogP contribution in [0.3, 0.4) is 0 Å². The fourth-order valence-electron chi connectivity index (χ4n) is 3.66. The molecule has 2 aliphatic rings. The zero-order chi connectivity index (χ0) is 19.0. The first-order valence-electron chi connectivity index (χ1n) is 8.65. The number of amides is 1. The second kappa shape index (κ2) is 6.32. The maximum Gasteiger partial charge on any atom is 0.259 e. The fourth-order valence-corrected chi connectivity index (χ4v) is 3.66. The molecule has 27 heavy (non-hydrogen) atoms. The van der Waals surface area contributed by atoms with Crippen LogP contribution in [0.4, 0.5) is 0 Å². The number of carbonyl (C=O) groups is 3. The minimum absolute atomic E-state index is 0.138. The highest BCUT2D eigenvalue weighted by Gasteiger charge is 2.49. The largest absolute Gasteiger partial charge is 0.325 e. The standard InChI is InChI=1S/C23H17NO3/c1-24-22(27)19(21(26)17-10-6-3-7-11-17)20(16-8-4-2-5-9-16)23(24)14-12-18(25)13-15-23/h2-15H,1H3/i25+2. The van der Waals surface area contributed by atoms with Gasteiger partial charge in [0, 0.05) is 18.2 Å². The smallest absolute Gasteiger partial charge is 0.259 e. The molecule has 4 rings (SSSR count). The molecule has 0 fully saturated rings. The molecule has 0 saturated carbocycles. The maximum absolute atomic E-state index is 13.3. The zero-order valence-electron chi connectivity index (χ0n) is 14.8. The molecule has 1 spiro atoms. The van der Waals surface area contributed by atoms with Crippen LogP contribution in [0.25, 0.3) is 5.57 Å². The highest BCUT2D eigenvalue weighted by Crippen LogP contribution is 2.45. The number of Topliss-reactive ketones (excluding diaryl/α,β-unsaturated/α-hetero) is 1. The van der Waals surface area contributed by atoms with E-state index in [1.165, 1.54) is 17.1 Å². The Hall–Kier alpha value is -3.53. The van der Waals surface area contributed by atoms with Gasteiger partial charge in [-0.15, -0.1) is 0 Å². The molecule has 1 amide bonds. The number of hydrogen-bond donors (Lipinski definition) is 0. The van der Waals surface area contributed by atoms with Crippen molar-refractivity contribution >= 4 is 23.0 Å². The summed E-state index contributed by atoms with van der Waals surface area (Å²) in [5.41, 5.74) is 1.02. The lowest BCUT2D eigenvalue weighted by atomic mass is 9.80. The van der Waals surface area contributed by atoms with E-state index in [9.17, 15) is 14.4 Å². The van der Waals surface area contributed by atoms with Crippen molar-refractivity contribution < 1.29 is 14.4 Å². The predicted molar refractivity (Wildman–Crippen MR) is 103 cm³/mol. The molecule has 0 bridgehead atoms. The number of benzene rings is 2. The highest BCUT2D eigenvalue weighted by molar-refractivity contribution is 6.33. The molecular weight excluding hydrogens is 340 g/mol. The Morgan fingerprint density at radius 2 is 1.48 bits per heavy atom.